The highest BCUT2D eigenvalue weighted by molar-refractivity contribution is 5.14. The lowest BCUT2D eigenvalue weighted by Crippen LogP contribution is -2.28. The van der Waals surface area contributed by atoms with Gasteiger partial charge in [-0.15, -0.1) is 0 Å². The number of benzene rings is 1. The zero-order valence-electron chi connectivity index (χ0n) is 9.10. The molecule has 1 aromatic carbocycles. The van der Waals surface area contributed by atoms with Crippen molar-refractivity contribution in [1.29, 1.82) is 0 Å². The van der Waals surface area contributed by atoms with Gasteiger partial charge in [-0.3, -0.25) is 4.90 Å². The Bertz CT molecular complexity index is 282. The van der Waals surface area contributed by atoms with E-state index in [0.29, 0.717) is 0 Å². The number of hydrogen-bond acceptors (Lipinski definition) is 2. The number of aliphatic hydroxyl groups is 1. The summed E-state index contributed by atoms with van der Waals surface area (Å²) in [5.74, 6) is 0.889. The fraction of sp³-hybridized carbons (Fsp3) is 0.538. The molecular formula is C13H19NO. The summed E-state index contributed by atoms with van der Waals surface area (Å²) in [4.78, 5) is 2.35. The highest BCUT2D eigenvalue weighted by atomic mass is 16.3. The summed E-state index contributed by atoms with van der Waals surface area (Å²) in [6.07, 6.45) is 2.74. The van der Waals surface area contributed by atoms with E-state index >= 15 is 0 Å². The maximum Gasteiger partial charge on any atom is 0.0558 e. The maximum absolute atomic E-state index is 9.01. The Morgan fingerprint density at radius 1 is 1.20 bits per heavy atom. The number of aliphatic hydroxyl groups excluding tert-OH is 1. The fourth-order valence-electron chi connectivity index (χ4n) is 1.88. The van der Waals surface area contributed by atoms with Crippen molar-refractivity contribution in [2.75, 3.05) is 19.7 Å². The zero-order valence-corrected chi connectivity index (χ0v) is 9.10. The maximum atomic E-state index is 9.01. The molecule has 1 aliphatic carbocycles. The molecule has 1 aliphatic rings. The van der Waals surface area contributed by atoms with Crippen LogP contribution in [0, 0.1) is 5.92 Å². The Balaban J connectivity index is 1.87. The molecule has 0 saturated heterocycles. The first-order valence-electron chi connectivity index (χ1n) is 5.75. The molecule has 1 saturated carbocycles. The van der Waals surface area contributed by atoms with Crippen molar-refractivity contribution in [3.63, 3.8) is 0 Å². The zero-order chi connectivity index (χ0) is 10.5. The van der Waals surface area contributed by atoms with E-state index in [-0.39, 0.29) is 6.61 Å². The number of rotatable bonds is 6. The van der Waals surface area contributed by atoms with Gasteiger partial charge in [0.05, 0.1) is 6.61 Å². The minimum atomic E-state index is 0.263. The van der Waals surface area contributed by atoms with Crippen molar-refractivity contribution in [2.45, 2.75) is 19.4 Å². The van der Waals surface area contributed by atoms with Crippen LogP contribution in [-0.4, -0.2) is 29.7 Å². The van der Waals surface area contributed by atoms with Crippen LogP contribution in [0.5, 0.6) is 0 Å². The van der Waals surface area contributed by atoms with E-state index in [2.05, 4.69) is 29.2 Å². The first-order chi connectivity index (χ1) is 7.38. The van der Waals surface area contributed by atoms with Gasteiger partial charge in [0.25, 0.3) is 0 Å². The van der Waals surface area contributed by atoms with Gasteiger partial charge >= 0.3 is 0 Å². The Hall–Kier alpha value is -0.860. The molecule has 1 aromatic rings. The van der Waals surface area contributed by atoms with Crippen molar-refractivity contribution in [3.05, 3.63) is 35.9 Å². The van der Waals surface area contributed by atoms with Gasteiger partial charge in [-0.25, -0.2) is 0 Å². The molecule has 0 spiro atoms. The molecular weight excluding hydrogens is 186 g/mol. The smallest absolute Gasteiger partial charge is 0.0558 e. The van der Waals surface area contributed by atoms with Crippen molar-refractivity contribution in [3.8, 4) is 0 Å². The summed E-state index contributed by atoms with van der Waals surface area (Å²) in [7, 11) is 0. The second kappa shape index (κ2) is 5.29. The summed E-state index contributed by atoms with van der Waals surface area (Å²) < 4.78 is 0. The van der Waals surface area contributed by atoms with Crippen LogP contribution in [0.4, 0.5) is 0 Å². The van der Waals surface area contributed by atoms with Crippen LogP contribution in [0.1, 0.15) is 18.4 Å². The first kappa shape index (κ1) is 10.7. The van der Waals surface area contributed by atoms with Crippen LogP contribution in [0.15, 0.2) is 30.3 Å². The molecule has 0 heterocycles. The Morgan fingerprint density at radius 2 is 1.93 bits per heavy atom. The van der Waals surface area contributed by atoms with Gasteiger partial charge in [0.15, 0.2) is 0 Å². The molecule has 0 aliphatic heterocycles. The van der Waals surface area contributed by atoms with Crippen molar-refractivity contribution in [1.82, 2.24) is 4.90 Å². The summed E-state index contributed by atoms with van der Waals surface area (Å²) in [5, 5.41) is 9.01. The van der Waals surface area contributed by atoms with E-state index in [1.165, 1.54) is 18.4 Å². The van der Waals surface area contributed by atoms with E-state index in [0.717, 1.165) is 25.6 Å². The van der Waals surface area contributed by atoms with Gasteiger partial charge in [0.2, 0.25) is 0 Å². The van der Waals surface area contributed by atoms with E-state index in [1.807, 2.05) is 6.07 Å². The molecule has 0 unspecified atom stereocenters. The average Bonchev–Trinajstić information content (AvgIpc) is 3.03. The van der Waals surface area contributed by atoms with Gasteiger partial charge < -0.3 is 5.11 Å². The summed E-state index contributed by atoms with van der Waals surface area (Å²) in [6, 6.07) is 10.5. The van der Waals surface area contributed by atoms with E-state index < -0.39 is 0 Å². The predicted molar refractivity (Wildman–Crippen MR) is 61.5 cm³/mol. The molecule has 0 aromatic heterocycles. The molecule has 2 nitrogen and oxygen atoms in total. The van der Waals surface area contributed by atoms with Crippen LogP contribution in [0.3, 0.4) is 0 Å². The second-order valence-electron chi connectivity index (χ2n) is 4.39. The van der Waals surface area contributed by atoms with E-state index in [4.69, 9.17) is 5.11 Å². The minimum Gasteiger partial charge on any atom is -0.395 e. The largest absolute Gasteiger partial charge is 0.395 e. The third-order valence-electron chi connectivity index (χ3n) is 2.88. The normalized spacial score (nSPS) is 15.9. The molecule has 82 valence electrons. The van der Waals surface area contributed by atoms with E-state index in [9.17, 15) is 0 Å². The lowest BCUT2D eigenvalue weighted by Gasteiger charge is -2.21. The number of nitrogens with zero attached hydrogens (tertiary/aromatic N) is 1. The van der Waals surface area contributed by atoms with Crippen LogP contribution >= 0.6 is 0 Å². The minimum absolute atomic E-state index is 0.263. The van der Waals surface area contributed by atoms with Gasteiger partial charge in [0.1, 0.15) is 0 Å². The Morgan fingerprint density at radius 3 is 2.53 bits per heavy atom. The average molecular weight is 205 g/mol. The second-order valence-corrected chi connectivity index (χ2v) is 4.39. The number of hydrogen-bond donors (Lipinski definition) is 1. The summed E-state index contributed by atoms with van der Waals surface area (Å²) in [5.41, 5.74) is 1.34. The predicted octanol–water partition coefficient (Wildman–Crippen LogP) is 1.89. The standard InChI is InChI=1S/C13H19NO/c15-9-8-14(11-13-6-7-13)10-12-4-2-1-3-5-12/h1-5,13,15H,6-11H2. The van der Waals surface area contributed by atoms with Gasteiger partial charge in [0, 0.05) is 19.6 Å². The summed E-state index contributed by atoms with van der Waals surface area (Å²) in [6.45, 7) is 3.18. The first-order valence-corrected chi connectivity index (χ1v) is 5.75. The summed E-state index contributed by atoms with van der Waals surface area (Å²) >= 11 is 0. The Kier molecular flexibility index (Phi) is 3.75. The van der Waals surface area contributed by atoms with Crippen molar-refractivity contribution < 1.29 is 5.11 Å². The molecule has 0 atom stereocenters. The van der Waals surface area contributed by atoms with Crippen LogP contribution in [0.2, 0.25) is 0 Å². The van der Waals surface area contributed by atoms with Crippen LogP contribution in [0.25, 0.3) is 0 Å². The lowest BCUT2D eigenvalue weighted by molar-refractivity contribution is 0.185. The molecule has 0 radical (unpaired) electrons. The molecule has 1 N–H and O–H groups in total. The highest BCUT2D eigenvalue weighted by Crippen LogP contribution is 2.30. The third-order valence-corrected chi connectivity index (χ3v) is 2.88. The molecule has 0 bridgehead atoms. The van der Waals surface area contributed by atoms with Gasteiger partial charge in [-0.1, -0.05) is 30.3 Å². The topological polar surface area (TPSA) is 23.5 Å². The van der Waals surface area contributed by atoms with Crippen LogP contribution in [-0.2, 0) is 6.54 Å². The van der Waals surface area contributed by atoms with Crippen LogP contribution < -0.4 is 0 Å². The molecule has 1 fully saturated rings. The Labute approximate surface area is 91.5 Å². The molecule has 15 heavy (non-hydrogen) atoms. The SMILES string of the molecule is OCCN(Cc1ccccc1)CC1CC1. The quantitative estimate of drug-likeness (QED) is 0.766. The van der Waals surface area contributed by atoms with E-state index in [1.54, 1.807) is 0 Å². The highest BCUT2D eigenvalue weighted by Gasteiger charge is 2.23. The monoisotopic (exact) mass is 205 g/mol. The molecule has 2 rings (SSSR count). The van der Waals surface area contributed by atoms with Crippen molar-refractivity contribution >= 4 is 0 Å². The van der Waals surface area contributed by atoms with Gasteiger partial charge in [-0.05, 0) is 24.3 Å². The lowest BCUT2D eigenvalue weighted by atomic mass is 10.2. The third kappa shape index (κ3) is 3.65. The van der Waals surface area contributed by atoms with Gasteiger partial charge in [-0.2, -0.15) is 0 Å². The van der Waals surface area contributed by atoms with Crippen molar-refractivity contribution in [2.24, 2.45) is 5.92 Å². The molecule has 2 heteroatoms. The molecule has 0 amide bonds. The fourth-order valence-corrected chi connectivity index (χ4v) is 1.88.